The van der Waals surface area contributed by atoms with E-state index in [4.69, 9.17) is 15.5 Å². The van der Waals surface area contributed by atoms with Crippen LogP contribution in [-0.4, -0.2) is 27.0 Å². The van der Waals surface area contributed by atoms with E-state index in [2.05, 4.69) is 46.1 Å². The summed E-state index contributed by atoms with van der Waals surface area (Å²) in [7, 11) is 0. The molecule has 1 aliphatic rings. The van der Waals surface area contributed by atoms with Crippen LogP contribution in [0.2, 0.25) is 0 Å². The van der Waals surface area contributed by atoms with Crippen molar-refractivity contribution >= 4 is 23.7 Å². The van der Waals surface area contributed by atoms with Gasteiger partial charge in [0.25, 0.3) is 0 Å². The number of nitrogens with zero attached hydrogens (tertiary/aromatic N) is 2. The van der Waals surface area contributed by atoms with Crippen molar-refractivity contribution in [1.82, 2.24) is 14.7 Å². The van der Waals surface area contributed by atoms with E-state index in [0.717, 1.165) is 58.6 Å². The number of hydrogen-bond donors (Lipinski definition) is 2. The van der Waals surface area contributed by atoms with Crippen LogP contribution in [0.3, 0.4) is 0 Å². The molecule has 7 heteroatoms. The van der Waals surface area contributed by atoms with Crippen LogP contribution in [-0.2, 0) is 15.1 Å². The molecule has 1 aliphatic carbocycles. The maximum atomic E-state index is 12.6. The van der Waals surface area contributed by atoms with E-state index >= 15 is 0 Å². The summed E-state index contributed by atoms with van der Waals surface area (Å²) in [4.78, 5) is 28.7. The number of rotatable bonds is 6. The minimum atomic E-state index is -0.550. The summed E-state index contributed by atoms with van der Waals surface area (Å²) >= 11 is 0. The van der Waals surface area contributed by atoms with Gasteiger partial charge in [0, 0.05) is 23.4 Å². The molecule has 2 aromatic heterocycles. The molecule has 0 spiro atoms. The maximum Gasteiger partial charge on any atom is 0.408 e. The van der Waals surface area contributed by atoms with Gasteiger partial charge in [-0.1, -0.05) is 54.6 Å². The lowest BCUT2D eigenvalue weighted by Gasteiger charge is -2.43. The molecule has 0 bridgehead atoms. The number of amides is 2. The second-order valence-electron chi connectivity index (χ2n) is 10.7. The maximum absolute atomic E-state index is 12.6. The van der Waals surface area contributed by atoms with Crippen LogP contribution < -0.4 is 11.1 Å². The average molecular weight is 509 g/mol. The first-order chi connectivity index (χ1) is 18.1. The van der Waals surface area contributed by atoms with Gasteiger partial charge in [-0.15, -0.1) is 0 Å². The van der Waals surface area contributed by atoms with Crippen molar-refractivity contribution in [2.45, 2.75) is 51.2 Å². The Hall–Kier alpha value is -4.39. The van der Waals surface area contributed by atoms with Gasteiger partial charge in [-0.25, -0.2) is 9.78 Å². The molecular formula is C31H32N4O3. The number of carbonyl (C=O) groups excluding carboxylic acids is 2. The number of carbonyl (C=O) groups is 2. The van der Waals surface area contributed by atoms with Crippen LogP contribution in [0, 0.1) is 0 Å². The van der Waals surface area contributed by atoms with Crippen molar-refractivity contribution in [3.63, 3.8) is 0 Å². The third-order valence-electron chi connectivity index (χ3n) is 6.80. The van der Waals surface area contributed by atoms with Gasteiger partial charge in [0.05, 0.1) is 16.9 Å². The number of primary amides is 1. The van der Waals surface area contributed by atoms with Crippen molar-refractivity contribution in [2.75, 3.05) is 0 Å². The second kappa shape index (κ2) is 9.82. The summed E-state index contributed by atoms with van der Waals surface area (Å²) in [5.41, 5.74) is 10.8. The molecule has 2 heterocycles. The smallest absolute Gasteiger partial charge is 0.408 e. The van der Waals surface area contributed by atoms with E-state index < -0.39 is 23.1 Å². The normalized spacial score (nSPS) is 14.8. The first kappa shape index (κ1) is 25.3. The zero-order valence-electron chi connectivity index (χ0n) is 21.9. The molecule has 2 aromatic carbocycles. The minimum absolute atomic E-state index is 0.394. The minimum Gasteiger partial charge on any atom is -0.444 e. The number of aromatic nitrogens is 2. The Morgan fingerprint density at radius 3 is 2.34 bits per heavy atom. The lowest BCUT2D eigenvalue weighted by atomic mass is 9.71. The molecule has 1 fully saturated rings. The number of benzene rings is 2. The van der Waals surface area contributed by atoms with Crippen molar-refractivity contribution < 1.29 is 14.3 Å². The van der Waals surface area contributed by atoms with Crippen LogP contribution in [0.4, 0.5) is 4.79 Å². The molecule has 0 radical (unpaired) electrons. The standard InChI is InChI=1S/C31H32N4O3/c1-30(2,3)38-29(37)34-31(17-7-18-31)24-13-11-22(12-14-24)27-28(23-8-5-4-6-9-23)35-19-16-21(10-15-25(32)36)20-26(35)33-27/h4-6,8-16,19-20H,7,17-18H2,1-3H3,(H2,32,36)(H,34,37)/b15-10+. The van der Waals surface area contributed by atoms with E-state index in [1.807, 2.05) is 57.3 Å². The van der Waals surface area contributed by atoms with Crippen LogP contribution in [0.1, 0.15) is 51.2 Å². The monoisotopic (exact) mass is 508 g/mol. The average Bonchev–Trinajstić information content (AvgIpc) is 3.23. The molecule has 2 amide bonds. The Morgan fingerprint density at radius 1 is 1.03 bits per heavy atom. The first-order valence-electron chi connectivity index (χ1n) is 12.8. The van der Waals surface area contributed by atoms with Gasteiger partial charge in [-0.2, -0.15) is 0 Å². The molecule has 3 N–H and O–H groups in total. The molecule has 0 unspecified atom stereocenters. The van der Waals surface area contributed by atoms with E-state index in [9.17, 15) is 9.59 Å². The topological polar surface area (TPSA) is 98.7 Å². The zero-order chi connectivity index (χ0) is 26.9. The number of fused-ring (bicyclic) bond motifs is 1. The lowest BCUT2D eigenvalue weighted by molar-refractivity contribution is -0.113. The fraction of sp³-hybridized carbons (Fsp3) is 0.258. The fourth-order valence-electron chi connectivity index (χ4n) is 4.88. The Labute approximate surface area is 222 Å². The fourth-order valence-corrected chi connectivity index (χ4v) is 4.88. The summed E-state index contributed by atoms with van der Waals surface area (Å²) in [5.74, 6) is -0.496. The number of hydrogen-bond acceptors (Lipinski definition) is 4. The Morgan fingerprint density at radius 2 is 1.74 bits per heavy atom. The molecule has 0 aliphatic heterocycles. The molecule has 38 heavy (non-hydrogen) atoms. The number of pyridine rings is 1. The van der Waals surface area contributed by atoms with Crippen LogP contribution >= 0.6 is 0 Å². The molecular weight excluding hydrogens is 476 g/mol. The van der Waals surface area contributed by atoms with Crippen molar-refractivity contribution in [1.29, 1.82) is 0 Å². The quantitative estimate of drug-likeness (QED) is 0.309. The van der Waals surface area contributed by atoms with E-state index in [1.165, 1.54) is 6.08 Å². The molecule has 194 valence electrons. The van der Waals surface area contributed by atoms with E-state index in [0.29, 0.717) is 0 Å². The Bertz CT molecular complexity index is 1510. The van der Waals surface area contributed by atoms with Gasteiger partial charge >= 0.3 is 6.09 Å². The lowest BCUT2D eigenvalue weighted by Crippen LogP contribution is -2.52. The van der Waals surface area contributed by atoms with Gasteiger partial charge in [0.15, 0.2) is 0 Å². The number of nitrogens with one attached hydrogen (secondary N) is 1. The Kier molecular flexibility index (Phi) is 6.53. The molecule has 5 rings (SSSR count). The number of nitrogens with two attached hydrogens (primary N) is 1. The van der Waals surface area contributed by atoms with Crippen LogP contribution in [0.15, 0.2) is 79.0 Å². The SMILES string of the molecule is CC(C)(C)OC(=O)NC1(c2ccc(-c3nc4cc(/C=C/C(N)=O)ccn4c3-c3ccccc3)cc2)CCC1. The van der Waals surface area contributed by atoms with Gasteiger partial charge in [0.1, 0.15) is 11.2 Å². The summed E-state index contributed by atoms with van der Waals surface area (Å²) in [6.07, 6.45) is 7.38. The third-order valence-corrected chi connectivity index (χ3v) is 6.80. The van der Waals surface area contributed by atoms with Crippen molar-refractivity contribution in [3.05, 3.63) is 90.1 Å². The highest BCUT2D eigenvalue weighted by atomic mass is 16.6. The van der Waals surface area contributed by atoms with Crippen LogP contribution in [0.5, 0.6) is 0 Å². The predicted molar refractivity (Wildman–Crippen MR) is 149 cm³/mol. The molecule has 0 saturated heterocycles. The van der Waals surface area contributed by atoms with E-state index in [1.54, 1.807) is 6.08 Å². The Balaban J connectivity index is 1.52. The van der Waals surface area contributed by atoms with Crippen molar-refractivity contribution in [2.24, 2.45) is 5.73 Å². The number of imidazole rings is 1. The molecule has 4 aromatic rings. The highest BCUT2D eigenvalue weighted by Crippen LogP contribution is 2.42. The third kappa shape index (κ3) is 5.18. The summed E-state index contributed by atoms with van der Waals surface area (Å²) < 4.78 is 7.58. The number of alkyl carbamates (subject to hydrolysis) is 1. The van der Waals surface area contributed by atoms with Gasteiger partial charge in [-0.3, -0.25) is 9.20 Å². The van der Waals surface area contributed by atoms with Gasteiger partial charge < -0.3 is 15.8 Å². The summed E-state index contributed by atoms with van der Waals surface area (Å²) in [5, 5.41) is 3.13. The highest BCUT2D eigenvalue weighted by Gasteiger charge is 2.41. The van der Waals surface area contributed by atoms with Gasteiger partial charge in [0.2, 0.25) is 5.91 Å². The molecule has 0 atom stereocenters. The van der Waals surface area contributed by atoms with Crippen LogP contribution in [0.25, 0.3) is 34.2 Å². The zero-order valence-corrected chi connectivity index (χ0v) is 21.9. The van der Waals surface area contributed by atoms with Gasteiger partial charge in [-0.05, 0) is 69.4 Å². The molecule has 1 saturated carbocycles. The first-order valence-corrected chi connectivity index (χ1v) is 12.8. The second-order valence-corrected chi connectivity index (χ2v) is 10.7. The van der Waals surface area contributed by atoms with Crippen molar-refractivity contribution in [3.8, 4) is 22.5 Å². The highest BCUT2D eigenvalue weighted by molar-refractivity contribution is 5.90. The van der Waals surface area contributed by atoms with E-state index in [-0.39, 0.29) is 0 Å². The largest absolute Gasteiger partial charge is 0.444 e. The summed E-state index contributed by atoms with van der Waals surface area (Å²) in [6, 6.07) is 22.3. The molecule has 7 nitrogen and oxygen atoms in total. The number of ether oxygens (including phenoxy) is 1. The summed E-state index contributed by atoms with van der Waals surface area (Å²) in [6.45, 7) is 5.60. The predicted octanol–water partition coefficient (Wildman–Crippen LogP) is 6.07.